The Kier molecular flexibility index (Phi) is 4.74. The summed E-state index contributed by atoms with van der Waals surface area (Å²) in [6, 6.07) is 10.7. The van der Waals surface area contributed by atoms with Crippen molar-refractivity contribution < 1.29 is 27.1 Å². The van der Waals surface area contributed by atoms with Crippen molar-refractivity contribution in [3.63, 3.8) is 0 Å². The molecule has 2 aromatic heterocycles. The van der Waals surface area contributed by atoms with Gasteiger partial charge in [0.2, 0.25) is 6.79 Å². The van der Waals surface area contributed by atoms with Crippen LogP contribution >= 0.6 is 0 Å². The number of hydrogen-bond acceptors (Lipinski definition) is 7. The number of ether oxygens (including phenoxy) is 2. The Morgan fingerprint density at radius 2 is 1.89 bits per heavy atom. The lowest BCUT2D eigenvalue weighted by molar-refractivity contribution is 0.0953. The number of fused-ring (bicyclic) bond motifs is 1. The van der Waals surface area contributed by atoms with E-state index in [0.717, 1.165) is 0 Å². The second-order valence-electron chi connectivity index (χ2n) is 6.01. The van der Waals surface area contributed by atoms with Crippen LogP contribution in [-0.2, 0) is 9.84 Å². The molecule has 1 aromatic carbocycles. The average molecular weight is 400 g/mol. The molecule has 3 heterocycles. The van der Waals surface area contributed by atoms with E-state index in [1.807, 2.05) is 0 Å². The number of amides is 1. The largest absolute Gasteiger partial charge is 0.468 e. The van der Waals surface area contributed by atoms with Crippen LogP contribution in [0.4, 0.5) is 0 Å². The molecule has 0 radical (unpaired) electrons. The highest BCUT2D eigenvalue weighted by molar-refractivity contribution is 7.91. The van der Waals surface area contributed by atoms with Gasteiger partial charge in [0.05, 0.1) is 11.2 Å². The second kappa shape index (κ2) is 7.35. The maximum Gasteiger partial charge on any atom is 0.251 e. The fraction of sp³-hybridized carbons (Fsp3) is 0.158. The molecule has 1 atom stereocenters. The molecule has 0 fully saturated rings. The number of carbonyl (C=O) groups excluding carboxylic acids is 1. The lowest BCUT2D eigenvalue weighted by Gasteiger charge is -2.17. The predicted molar refractivity (Wildman–Crippen MR) is 97.8 cm³/mol. The van der Waals surface area contributed by atoms with Crippen molar-refractivity contribution in [1.82, 2.24) is 10.3 Å². The number of furan rings is 1. The summed E-state index contributed by atoms with van der Waals surface area (Å²) in [5.41, 5.74) is 0.383. The van der Waals surface area contributed by atoms with E-state index in [-0.39, 0.29) is 24.0 Å². The Morgan fingerprint density at radius 1 is 1.11 bits per heavy atom. The Bertz CT molecular complexity index is 1080. The molecule has 0 saturated carbocycles. The van der Waals surface area contributed by atoms with Crippen molar-refractivity contribution in [3.8, 4) is 11.5 Å². The van der Waals surface area contributed by atoms with Gasteiger partial charge in [-0.1, -0.05) is 0 Å². The third-order valence-electron chi connectivity index (χ3n) is 4.30. The first-order valence-corrected chi connectivity index (χ1v) is 9.95. The van der Waals surface area contributed by atoms with Gasteiger partial charge in [-0.2, -0.15) is 0 Å². The van der Waals surface area contributed by atoms with Crippen LogP contribution in [0.3, 0.4) is 0 Å². The number of benzene rings is 1. The van der Waals surface area contributed by atoms with Gasteiger partial charge in [-0.05, 0) is 36.4 Å². The molecule has 1 amide bonds. The van der Waals surface area contributed by atoms with E-state index in [4.69, 9.17) is 13.9 Å². The molecule has 0 saturated heterocycles. The fourth-order valence-electron chi connectivity index (χ4n) is 2.85. The topological polar surface area (TPSA) is 108 Å². The van der Waals surface area contributed by atoms with Gasteiger partial charge in [0, 0.05) is 30.6 Å². The summed E-state index contributed by atoms with van der Waals surface area (Å²) in [5, 5.41) is 1.55. The number of carbonyl (C=O) groups is 1. The number of aromatic nitrogens is 1. The quantitative estimate of drug-likeness (QED) is 0.677. The number of sulfone groups is 1. The third-order valence-corrected chi connectivity index (χ3v) is 6.36. The van der Waals surface area contributed by atoms with Gasteiger partial charge in [0.25, 0.3) is 5.91 Å². The van der Waals surface area contributed by atoms with E-state index >= 15 is 0 Å². The molecule has 1 N–H and O–H groups in total. The van der Waals surface area contributed by atoms with Crippen molar-refractivity contribution in [2.75, 3.05) is 13.3 Å². The van der Waals surface area contributed by atoms with Gasteiger partial charge < -0.3 is 19.2 Å². The van der Waals surface area contributed by atoms with Gasteiger partial charge in [-0.3, -0.25) is 9.78 Å². The molecule has 28 heavy (non-hydrogen) atoms. The van der Waals surface area contributed by atoms with Gasteiger partial charge in [-0.15, -0.1) is 0 Å². The highest BCUT2D eigenvalue weighted by Gasteiger charge is 2.33. The number of pyridine rings is 1. The summed E-state index contributed by atoms with van der Waals surface area (Å²) in [4.78, 5) is 16.2. The second-order valence-corrected chi connectivity index (χ2v) is 8.14. The van der Waals surface area contributed by atoms with Crippen molar-refractivity contribution in [3.05, 3.63) is 72.4 Å². The highest BCUT2D eigenvalue weighted by atomic mass is 32.2. The van der Waals surface area contributed by atoms with E-state index in [9.17, 15) is 13.2 Å². The lowest BCUT2D eigenvalue weighted by atomic mass is 10.2. The average Bonchev–Trinajstić information content (AvgIpc) is 3.40. The smallest absolute Gasteiger partial charge is 0.251 e. The minimum atomic E-state index is -3.88. The molecule has 1 aliphatic heterocycles. The third kappa shape index (κ3) is 3.44. The molecular weight excluding hydrogens is 384 g/mol. The van der Waals surface area contributed by atoms with Crippen molar-refractivity contribution >= 4 is 15.7 Å². The first kappa shape index (κ1) is 18.1. The maximum atomic E-state index is 13.3. The molecule has 0 spiro atoms. The number of hydrogen-bond donors (Lipinski definition) is 1. The zero-order valence-electron chi connectivity index (χ0n) is 14.6. The Hall–Kier alpha value is -3.33. The summed E-state index contributed by atoms with van der Waals surface area (Å²) >= 11 is 0. The highest BCUT2D eigenvalue weighted by Crippen LogP contribution is 2.37. The molecule has 4 rings (SSSR count). The summed E-state index contributed by atoms with van der Waals surface area (Å²) in [7, 11) is -3.88. The van der Waals surface area contributed by atoms with E-state index in [1.54, 1.807) is 30.3 Å². The number of nitrogens with one attached hydrogen (secondary N) is 1. The lowest BCUT2D eigenvalue weighted by Crippen LogP contribution is -2.31. The van der Waals surface area contributed by atoms with Crippen molar-refractivity contribution in [2.24, 2.45) is 0 Å². The Labute approximate surface area is 161 Å². The van der Waals surface area contributed by atoms with Crippen LogP contribution in [-0.4, -0.2) is 32.6 Å². The Morgan fingerprint density at radius 3 is 2.64 bits per heavy atom. The molecule has 8 nitrogen and oxygen atoms in total. The predicted octanol–water partition coefficient (Wildman–Crippen LogP) is 2.35. The summed E-state index contributed by atoms with van der Waals surface area (Å²) in [6.07, 6.45) is 4.37. The van der Waals surface area contributed by atoms with E-state index in [2.05, 4.69) is 10.3 Å². The first-order valence-electron chi connectivity index (χ1n) is 8.41. The monoisotopic (exact) mass is 400 g/mol. The van der Waals surface area contributed by atoms with Gasteiger partial charge >= 0.3 is 0 Å². The molecule has 9 heteroatoms. The fourth-order valence-corrected chi connectivity index (χ4v) is 4.45. The number of rotatable bonds is 6. The van der Waals surface area contributed by atoms with Crippen molar-refractivity contribution in [1.29, 1.82) is 0 Å². The normalized spacial score (nSPS) is 13.9. The standard InChI is InChI=1S/C19H16N2O6S/c22-19(13-5-7-20-8-6-13)21-11-18(16-2-1-9-25-16)28(23,24)14-3-4-15-17(10-14)27-12-26-15/h1-10,18H,11-12H2,(H,21,22)/t18-/m0/s1. The molecule has 3 aromatic rings. The molecule has 144 valence electrons. The first-order chi connectivity index (χ1) is 13.6. The minimum absolute atomic E-state index is 0.0441. The van der Waals surface area contributed by atoms with Gasteiger partial charge in [0.15, 0.2) is 21.3 Å². The Balaban J connectivity index is 1.62. The van der Waals surface area contributed by atoms with Gasteiger partial charge in [0.1, 0.15) is 11.0 Å². The van der Waals surface area contributed by atoms with Crippen LogP contribution in [0.5, 0.6) is 11.5 Å². The van der Waals surface area contributed by atoms with Crippen LogP contribution in [0.1, 0.15) is 21.4 Å². The maximum absolute atomic E-state index is 13.3. The van der Waals surface area contributed by atoms with Crippen LogP contribution in [0.2, 0.25) is 0 Å². The van der Waals surface area contributed by atoms with E-state index < -0.39 is 21.0 Å². The van der Waals surface area contributed by atoms with Gasteiger partial charge in [-0.25, -0.2) is 8.42 Å². The molecule has 0 bridgehead atoms. The zero-order chi connectivity index (χ0) is 19.6. The van der Waals surface area contributed by atoms with E-state index in [1.165, 1.54) is 30.8 Å². The molecule has 1 aliphatic rings. The molecular formula is C19H16N2O6S. The molecule has 0 unspecified atom stereocenters. The summed E-state index contributed by atoms with van der Waals surface area (Å²) in [6.45, 7) is -0.117. The van der Waals surface area contributed by atoms with Crippen LogP contribution in [0.15, 0.2) is 70.4 Å². The van der Waals surface area contributed by atoms with Crippen LogP contribution < -0.4 is 14.8 Å². The van der Waals surface area contributed by atoms with Crippen molar-refractivity contribution in [2.45, 2.75) is 10.1 Å². The van der Waals surface area contributed by atoms with Crippen LogP contribution in [0, 0.1) is 0 Å². The van der Waals surface area contributed by atoms with E-state index in [0.29, 0.717) is 17.1 Å². The molecule has 0 aliphatic carbocycles. The SMILES string of the molecule is O=C(NC[C@@H](c1ccco1)S(=O)(=O)c1ccc2c(c1)OCO2)c1ccncc1. The van der Waals surface area contributed by atoms with Crippen LogP contribution in [0.25, 0.3) is 0 Å². The minimum Gasteiger partial charge on any atom is -0.468 e. The zero-order valence-corrected chi connectivity index (χ0v) is 15.4. The summed E-state index contributed by atoms with van der Waals surface area (Å²) < 4.78 is 42.4. The number of nitrogens with zero attached hydrogens (tertiary/aromatic N) is 1. The summed E-state index contributed by atoms with van der Waals surface area (Å²) in [5.74, 6) is 0.673.